The summed E-state index contributed by atoms with van der Waals surface area (Å²) in [5.74, 6) is 1.32. The van der Waals surface area contributed by atoms with Gasteiger partial charge in [-0.2, -0.15) is 0 Å². The quantitative estimate of drug-likeness (QED) is 0.732. The molecule has 0 radical (unpaired) electrons. The summed E-state index contributed by atoms with van der Waals surface area (Å²) in [5, 5.41) is 1.53. The molecule has 2 N–H and O–H groups in total. The molecule has 104 valence electrons. The van der Waals surface area contributed by atoms with Crippen LogP contribution in [0.3, 0.4) is 0 Å². The molecule has 0 aliphatic heterocycles. The number of rotatable bonds is 3. The Bertz CT molecular complexity index is 835. The molecule has 0 saturated heterocycles. The lowest BCUT2D eigenvalue weighted by Crippen LogP contribution is -2.09. The lowest BCUT2D eigenvalue weighted by atomic mass is 10.2. The normalized spacial score (nSPS) is 10.5. The summed E-state index contributed by atoms with van der Waals surface area (Å²) in [6.45, 7) is 0. The Morgan fingerprint density at radius 3 is 2.62 bits per heavy atom. The minimum absolute atomic E-state index is 0.265. The highest BCUT2D eigenvalue weighted by molar-refractivity contribution is 7.80. The van der Waals surface area contributed by atoms with Crippen molar-refractivity contribution in [3.8, 4) is 11.5 Å². The summed E-state index contributed by atoms with van der Waals surface area (Å²) in [6, 6.07) is 14.9. The molecule has 1 aromatic heterocycles. The van der Waals surface area contributed by atoms with Crippen LogP contribution in [-0.2, 0) is 0 Å². The van der Waals surface area contributed by atoms with Crippen LogP contribution in [0.4, 0.5) is 0 Å². The van der Waals surface area contributed by atoms with Crippen LogP contribution in [0.25, 0.3) is 10.9 Å². The number of thiocarbonyl (C=S) groups is 1. The Labute approximate surface area is 132 Å². The van der Waals surface area contributed by atoms with Gasteiger partial charge < -0.3 is 10.5 Å². The van der Waals surface area contributed by atoms with Crippen molar-refractivity contribution in [1.82, 2.24) is 4.98 Å². The van der Waals surface area contributed by atoms with Gasteiger partial charge >= 0.3 is 0 Å². The molecule has 3 rings (SSSR count). The smallest absolute Gasteiger partial charge is 0.129 e. The molecule has 0 amide bonds. The molecule has 0 saturated carbocycles. The minimum atomic E-state index is 0.265. The third-order valence-corrected chi connectivity index (χ3v) is 3.55. The second kappa shape index (κ2) is 5.68. The van der Waals surface area contributed by atoms with Crippen LogP contribution >= 0.6 is 23.8 Å². The van der Waals surface area contributed by atoms with Gasteiger partial charge in [0.2, 0.25) is 0 Å². The summed E-state index contributed by atoms with van der Waals surface area (Å²) < 4.78 is 5.79. The number of nitrogens with two attached hydrogens (primary N) is 1. The van der Waals surface area contributed by atoms with Gasteiger partial charge in [-0.05, 0) is 30.3 Å². The van der Waals surface area contributed by atoms with Crippen molar-refractivity contribution < 1.29 is 4.74 Å². The van der Waals surface area contributed by atoms with Gasteiger partial charge in [-0.15, -0.1) is 0 Å². The van der Waals surface area contributed by atoms with Crippen molar-refractivity contribution >= 4 is 39.7 Å². The maximum atomic E-state index is 6.13. The molecule has 3 nitrogen and oxygen atoms in total. The summed E-state index contributed by atoms with van der Waals surface area (Å²) in [7, 11) is 0. The fourth-order valence-electron chi connectivity index (χ4n) is 2.00. The molecule has 3 aromatic rings. The number of hydrogen-bond donors (Lipinski definition) is 1. The Kier molecular flexibility index (Phi) is 3.73. The topological polar surface area (TPSA) is 48.1 Å². The lowest BCUT2D eigenvalue weighted by Gasteiger charge is -2.09. The molecule has 0 bridgehead atoms. The van der Waals surface area contributed by atoms with Crippen LogP contribution in [-0.4, -0.2) is 9.97 Å². The predicted octanol–water partition coefficient (Wildman–Crippen LogP) is 4.31. The van der Waals surface area contributed by atoms with E-state index >= 15 is 0 Å². The maximum Gasteiger partial charge on any atom is 0.129 e. The van der Waals surface area contributed by atoms with E-state index in [1.54, 1.807) is 24.4 Å². The molecule has 0 aliphatic carbocycles. The highest BCUT2D eigenvalue weighted by atomic mass is 35.5. The molecule has 2 aromatic carbocycles. The molecule has 0 aliphatic rings. The molecule has 0 spiro atoms. The van der Waals surface area contributed by atoms with Gasteiger partial charge in [-0.25, -0.2) is 0 Å². The van der Waals surface area contributed by atoms with Crippen molar-refractivity contribution in [2.45, 2.75) is 0 Å². The number of halogens is 1. The molecule has 5 heteroatoms. The van der Waals surface area contributed by atoms with E-state index in [2.05, 4.69) is 4.98 Å². The highest BCUT2D eigenvalue weighted by Crippen LogP contribution is 2.28. The largest absolute Gasteiger partial charge is 0.457 e. The average molecular weight is 315 g/mol. The third kappa shape index (κ3) is 2.96. The first-order valence-electron chi connectivity index (χ1n) is 6.25. The van der Waals surface area contributed by atoms with Gasteiger partial charge in [-0.3, -0.25) is 4.98 Å². The second-order valence-corrected chi connectivity index (χ2v) is 5.31. The third-order valence-electron chi connectivity index (χ3n) is 3.02. The first-order chi connectivity index (χ1) is 10.1. The summed E-state index contributed by atoms with van der Waals surface area (Å²) in [6.07, 6.45) is 1.75. The van der Waals surface area contributed by atoms with E-state index < -0.39 is 0 Å². The molecule has 0 atom stereocenters. The summed E-state index contributed by atoms with van der Waals surface area (Å²) >= 11 is 11.0. The van der Waals surface area contributed by atoms with E-state index in [-0.39, 0.29) is 4.99 Å². The fraction of sp³-hybridized carbons (Fsp3) is 0. The monoisotopic (exact) mass is 314 g/mol. The number of aromatic nitrogens is 1. The SMILES string of the molecule is NC(=S)c1ccc(Oc2ccc3cccnc3c2)cc1Cl. The van der Waals surface area contributed by atoms with E-state index in [1.165, 1.54) is 0 Å². The number of fused-ring (bicyclic) bond motifs is 1. The Hall–Kier alpha value is -2.17. The van der Waals surface area contributed by atoms with Gasteiger partial charge in [0.15, 0.2) is 0 Å². The number of pyridine rings is 1. The van der Waals surface area contributed by atoms with E-state index in [0.717, 1.165) is 10.9 Å². The van der Waals surface area contributed by atoms with Crippen molar-refractivity contribution in [3.05, 3.63) is 65.3 Å². The van der Waals surface area contributed by atoms with E-state index in [1.807, 2.05) is 30.3 Å². The highest BCUT2D eigenvalue weighted by Gasteiger charge is 2.06. The number of hydrogen-bond acceptors (Lipinski definition) is 3. The zero-order valence-electron chi connectivity index (χ0n) is 10.9. The molecular weight excluding hydrogens is 304 g/mol. The van der Waals surface area contributed by atoms with Crippen LogP contribution in [0.5, 0.6) is 11.5 Å². The molecule has 0 fully saturated rings. The molecule has 0 unspecified atom stereocenters. The van der Waals surface area contributed by atoms with E-state index in [4.69, 9.17) is 34.3 Å². The Morgan fingerprint density at radius 2 is 1.86 bits per heavy atom. The zero-order chi connectivity index (χ0) is 14.8. The first kappa shape index (κ1) is 13.8. The van der Waals surface area contributed by atoms with Crippen molar-refractivity contribution in [2.75, 3.05) is 0 Å². The summed E-state index contributed by atoms with van der Waals surface area (Å²) in [5.41, 5.74) is 7.09. The van der Waals surface area contributed by atoms with Gasteiger partial charge in [0, 0.05) is 29.3 Å². The van der Waals surface area contributed by atoms with Crippen LogP contribution < -0.4 is 10.5 Å². The number of ether oxygens (including phenoxy) is 1. The van der Waals surface area contributed by atoms with E-state index in [0.29, 0.717) is 22.1 Å². The number of benzene rings is 2. The van der Waals surface area contributed by atoms with Gasteiger partial charge in [0.05, 0.1) is 10.5 Å². The zero-order valence-corrected chi connectivity index (χ0v) is 12.5. The summed E-state index contributed by atoms with van der Waals surface area (Å²) in [4.78, 5) is 4.56. The average Bonchev–Trinajstić information content (AvgIpc) is 2.47. The van der Waals surface area contributed by atoms with Crippen molar-refractivity contribution in [2.24, 2.45) is 5.73 Å². The predicted molar refractivity (Wildman–Crippen MR) is 89.2 cm³/mol. The van der Waals surface area contributed by atoms with Gasteiger partial charge in [0.1, 0.15) is 16.5 Å². The molecule has 1 heterocycles. The minimum Gasteiger partial charge on any atom is -0.457 e. The van der Waals surface area contributed by atoms with Gasteiger partial charge in [-0.1, -0.05) is 29.9 Å². The second-order valence-electron chi connectivity index (χ2n) is 4.47. The van der Waals surface area contributed by atoms with Gasteiger partial charge in [0.25, 0.3) is 0 Å². The van der Waals surface area contributed by atoms with Crippen LogP contribution in [0.15, 0.2) is 54.7 Å². The molecular formula is C16H11ClN2OS. The maximum absolute atomic E-state index is 6.13. The lowest BCUT2D eigenvalue weighted by molar-refractivity contribution is 0.483. The van der Waals surface area contributed by atoms with Crippen LogP contribution in [0.2, 0.25) is 5.02 Å². The van der Waals surface area contributed by atoms with Crippen molar-refractivity contribution in [1.29, 1.82) is 0 Å². The Morgan fingerprint density at radius 1 is 1.10 bits per heavy atom. The van der Waals surface area contributed by atoms with E-state index in [9.17, 15) is 0 Å². The first-order valence-corrected chi connectivity index (χ1v) is 7.04. The molecule has 21 heavy (non-hydrogen) atoms. The van der Waals surface area contributed by atoms with Crippen LogP contribution in [0, 0.1) is 0 Å². The standard InChI is InChI=1S/C16H11ClN2OS/c17-14-8-11(5-6-13(14)16(18)21)20-12-4-3-10-2-1-7-19-15(10)9-12/h1-9H,(H2,18,21). The van der Waals surface area contributed by atoms with Crippen molar-refractivity contribution in [3.63, 3.8) is 0 Å². The fourth-order valence-corrected chi connectivity index (χ4v) is 2.51. The number of nitrogens with zero attached hydrogens (tertiary/aromatic N) is 1. The Balaban J connectivity index is 1.91. The van der Waals surface area contributed by atoms with Crippen LogP contribution in [0.1, 0.15) is 5.56 Å².